The van der Waals surface area contributed by atoms with Crippen molar-refractivity contribution >= 4 is 0 Å². The summed E-state index contributed by atoms with van der Waals surface area (Å²) in [5, 5.41) is 10.4. The predicted octanol–water partition coefficient (Wildman–Crippen LogP) is 5.63. The molecule has 2 fully saturated rings. The molecule has 0 aromatic heterocycles. The van der Waals surface area contributed by atoms with Crippen molar-refractivity contribution in [1.29, 1.82) is 0 Å². The molecule has 224 valence electrons. The molecule has 2 aliphatic rings. The highest BCUT2D eigenvalue weighted by atomic mass is 16.6. The normalized spacial score (nSPS) is 17.6. The molecule has 3 atom stereocenters. The highest BCUT2D eigenvalue weighted by Crippen LogP contribution is 2.21. The van der Waals surface area contributed by atoms with Crippen LogP contribution in [0.4, 0.5) is 0 Å². The van der Waals surface area contributed by atoms with Crippen molar-refractivity contribution in [2.75, 3.05) is 39.6 Å². The first-order chi connectivity index (χ1) is 21.1. The van der Waals surface area contributed by atoms with E-state index in [9.17, 15) is 5.11 Å². The molecule has 3 unspecified atom stereocenters. The molecule has 2 aliphatic heterocycles. The zero-order valence-corrected chi connectivity index (χ0v) is 24.2. The first kappa shape index (κ1) is 29.1. The second-order valence-corrected chi connectivity index (χ2v) is 11.1. The largest absolute Gasteiger partial charge is 0.493 e. The lowest BCUT2D eigenvalue weighted by molar-refractivity contribution is 0.0857. The third-order valence-corrected chi connectivity index (χ3v) is 7.35. The number of hydrogen-bond acceptors (Lipinski definition) is 7. The van der Waals surface area contributed by atoms with Crippen LogP contribution in [0, 0.1) is 0 Å². The lowest BCUT2D eigenvalue weighted by Crippen LogP contribution is -2.20. The number of ether oxygens (including phenoxy) is 6. The van der Waals surface area contributed by atoms with Gasteiger partial charge in [0.2, 0.25) is 0 Å². The van der Waals surface area contributed by atoms with Gasteiger partial charge in [0, 0.05) is 6.42 Å². The zero-order valence-electron chi connectivity index (χ0n) is 24.2. The topological polar surface area (TPSA) is 82.2 Å². The van der Waals surface area contributed by atoms with Crippen LogP contribution >= 0.6 is 0 Å². The SMILES string of the molecule is OC(CCOc1ccc(Cc2ccc(OCC3CO3)cc2)cc1)COc1ccc(Cc2ccc(OCC3CO3)cc2)cc1. The van der Waals surface area contributed by atoms with E-state index >= 15 is 0 Å². The van der Waals surface area contributed by atoms with Gasteiger partial charge in [-0.2, -0.15) is 0 Å². The molecule has 0 aliphatic carbocycles. The van der Waals surface area contributed by atoms with Crippen molar-refractivity contribution in [1.82, 2.24) is 0 Å². The number of aliphatic hydroxyl groups is 1. The third kappa shape index (κ3) is 9.75. The van der Waals surface area contributed by atoms with Gasteiger partial charge in [0.05, 0.1) is 25.9 Å². The molecule has 7 heteroatoms. The molecule has 0 saturated carbocycles. The van der Waals surface area contributed by atoms with E-state index in [4.69, 9.17) is 28.4 Å². The number of benzene rings is 4. The Labute approximate surface area is 252 Å². The van der Waals surface area contributed by atoms with E-state index < -0.39 is 6.10 Å². The van der Waals surface area contributed by atoms with Gasteiger partial charge in [-0.05, 0) is 83.6 Å². The van der Waals surface area contributed by atoms with E-state index in [1.165, 1.54) is 22.3 Å². The molecule has 7 nitrogen and oxygen atoms in total. The van der Waals surface area contributed by atoms with E-state index in [2.05, 4.69) is 48.5 Å². The summed E-state index contributed by atoms with van der Waals surface area (Å²) >= 11 is 0. The van der Waals surface area contributed by atoms with Crippen LogP contribution in [0.1, 0.15) is 28.7 Å². The first-order valence-corrected chi connectivity index (χ1v) is 14.9. The van der Waals surface area contributed by atoms with Gasteiger partial charge in [-0.1, -0.05) is 48.5 Å². The van der Waals surface area contributed by atoms with E-state index in [-0.39, 0.29) is 18.8 Å². The lowest BCUT2D eigenvalue weighted by Gasteiger charge is -2.14. The minimum Gasteiger partial charge on any atom is -0.493 e. The van der Waals surface area contributed by atoms with Gasteiger partial charge >= 0.3 is 0 Å². The molecule has 0 bridgehead atoms. The van der Waals surface area contributed by atoms with E-state index in [1.807, 2.05) is 48.5 Å². The maximum absolute atomic E-state index is 10.4. The summed E-state index contributed by atoms with van der Waals surface area (Å²) in [4.78, 5) is 0. The van der Waals surface area contributed by atoms with Crippen molar-refractivity contribution in [3.63, 3.8) is 0 Å². The fourth-order valence-electron chi connectivity index (χ4n) is 4.58. The first-order valence-electron chi connectivity index (χ1n) is 14.9. The van der Waals surface area contributed by atoms with Crippen molar-refractivity contribution in [3.05, 3.63) is 119 Å². The maximum atomic E-state index is 10.4. The Bertz CT molecular complexity index is 1390. The van der Waals surface area contributed by atoms with Crippen LogP contribution in [-0.2, 0) is 22.3 Å². The second kappa shape index (κ2) is 14.4. The molecule has 0 radical (unpaired) electrons. The molecule has 0 spiro atoms. The van der Waals surface area contributed by atoms with Crippen LogP contribution in [0.25, 0.3) is 0 Å². The van der Waals surface area contributed by atoms with Crippen molar-refractivity contribution < 1.29 is 33.5 Å². The van der Waals surface area contributed by atoms with Gasteiger partial charge in [0.15, 0.2) is 0 Å². The minimum absolute atomic E-state index is 0.215. The Morgan fingerprint density at radius 2 is 0.884 bits per heavy atom. The quantitative estimate of drug-likeness (QED) is 0.162. The third-order valence-electron chi connectivity index (χ3n) is 7.35. The number of rotatable bonds is 17. The number of aliphatic hydroxyl groups excluding tert-OH is 1. The molecule has 0 amide bonds. The van der Waals surface area contributed by atoms with Crippen LogP contribution in [0.3, 0.4) is 0 Å². The smallest absolute Gasteiger partial charge is 0.119 e. The Hall–Kier alpha value is -4.04. The number of hydrogen-bond donors (Lipinski definition) is 1. The molecular weight excluding hydrogens is 544 g/mol. The highest BCUT2D eigenvalue weighted by Gasteiger charge is 2.23. The van der Waals surface area contributed by atoms with Crippen LogP contribution in [0.15, 0.2) is 97.1 Å². The molecular formula is C36H38O7. The average molecular weight is 583 g/mol. The van der Waals surface area contributed by atoms with Gasteiger partial charge in [0.25, 0.3) is 0 Å². The van der Waals surface area contributed by atoms with Gasteiger partial charge in [-0.3, -0.25) is 0 Å². The number of epoxide rings is 2. The van der Waals surface area contributed by atoms with Gasteiger partial charge < -0.3 is 33.5 Å². The minimum atomic E-state index is -0.616. The summed E-state index contributed by atoms with van der Waals surface area (Å²) < 4.78 is 33.4. The summed E-state index contributed by atoms with van der Waals surface area (Å²) in [5.41, 5.74) is 4.83. The molecule has 2 saturated heterocycles. The second-order valence-electron chi connectivity index (χ2n) is 11.1. The summed E-state index contributed by atoms with van der Waals surface area (Å²) in [6.45, 7) is 3.45. The lowest BCUT2D eigenvalue weighted by atomic mass is 10.0. The Morgan fingerprint density at radius 1 is 0.535 bits per heavy atom. The summed E-state index contributed by atoms with van der Waals surface area (Å²) in [6, 6.07) is 32.4. The van der Waals surface area contributed by atoms with Crippen LogP contribution in [0.5, 0.6) is 23.0 Å². The van der Waals surface area contributed by atoms with Gasteiger partial charge in [0.1, 0.15) is 55.0 Å². The van der Waals surface area contributed by atoms with Crippen LogP contribution < -0.4 is 18.9 Å². The maximum Gasteiger partial charge on any atom is 0.119 e. The Balaban J connectivity index is 0.860. The monoisotopic (exact) mass is 582 g/mol. The molecule has 43 heavy (non-hydrogen) atoms. The summed E-state index contributed by atoms with van der Waals surface area (Å²) in [6.07, 6.45) is 2.04. The van der Waals surface area contributed by atoms with Gasteiger partial charge in [-0.15, -0.1) is 0 Å². The van der Waals surface area contributed by atoms with Crippen molar-refractivity contribution in [3.8, 4) is 23.0 Å². The van der Waals surface area contributed by atoms with Crippen LogP contribution in [0.2, 0.25) is 0 Å². The van der Waals surface area contributed by atoms with E-state index in [1.54, 1.807) is 0 Å². The fourth-order valence-corrected chi connectivity index (χ4v) is 4.58. The van der Waals surface area contributed by atoms with Crippen LogP contribution in [-0.4, -0.2) is 63.1 Å². The summed E-state index contributed by atoms with van der Waals surface area (Å²) in [5.74, 6) is 3.26. The van der Waals surface area contributed by atoms with Gasteiger partial charge in [-0.25, -0.2) is 0 Å². The molecule has 2 heterocycles. The van der Waals surface area contributed by atoms with E-state index in [0.29, 0.717) is 26.2 Å². The highest BCUT2D eigenvalue weighted by molar-refractivity contribution is 5.35. The standard InChI is InChI=1S/C36H38O7/c37-30(21-39-32-11-3-27(4-12-32)20-29-7-15-34(16-8-29)41-23-36-25-43-36)17-18-38-31-9-1-26(2-10-31)19-28-5-13-33(14-6-28)40-22-35-24-42-35/h1-16,30,35-37H,17-25H2. The molecule has 4 aromatic rings. The molecule has 6 rings (SSSR count). The van der Waals surface area contributed by atoms with E-state index in [0.717, 1.165) is 49.1 Å². The average Bonchev–Trinajstić information content (AvgIpc) is 3.97. The fraction of sp³-hybridized carbons (Fsp3) is 0.333. The Kier molecular flexibility index (Phi) is 9.74. The zero-order chi connectivity index (χ0) is 29.3. The predicted molar refractivity (Wildman–Crippen MR) is 163 cm³/mol. The molecule has 4 aromatic carbocycles. The molecule has 1 N–H and O–H groups in total. The Morgan fingerprint density at radius 3 is 1.26 bits per heavy atom. The van der Waals surface area contributed by atoms with Crippen molar-refractivity contribution in [2.45, 2.75) is 37.6 Å². The van der Waals surface area contributed by atoms with Crippen molar-refractivity contribution in [2.24, 2.45) is 0 Å². The summed E-state index contributed by atoms with van der Waals surface area (Å²) in [7, 11) is 0.